The van der Waals surface area contributed by atoms with E-state index in [-0.39, 0.29) is 17.9 Å². The lowest BCUT2D eigenvalue weighted by molar-refractivity contribution is -0.137. The largest absolute Gasteiger partial charge is 0.416 e. The second kappa shape index (κ2) is 10.6. The highest BCUT2D eigenvalue weighted by Gasteiger charge is 2.39. The van der Waals surface area contributed by atoms with Crippen molar-refractivity contribution in [2.75, 3.05) is 13.6 Å². The van der Waals surface area contributed by atoms with E-state index in [0.29, 0.717) is 31.1 Å². The summed E-state index contributed by atoms with van der Waals surface area (Å²) in [5.41, 5.74) is 1.83. The number of alkyl halides is 3. The topological polar surface area (TPSA) is 50.2 Å². The van der Waals surface area contributed by atoms with Gasteiger partial charge in [-0.3, -0.25) is 9.69 Å². The summed E-state index contributed by atoms with van der Waals surface area (Å²) in [7, 11) is 1.62. The molecule has 1 aromatic heterocycles. The molecule has 4 rings (SSSR count). The average molecular weight is 519 g/mol. The van der Waals surface area contributed by atoms with E-state index in [1.54, 1.807) is 7.05 Å². The van der Waals surface area contributed by atoms with Crippen molar-refractivity contribution in [3.63, 3.8) is 0 Å². The number of amides is 1. The van der Waals surface area contributed by atoms with Crippen LogP contribution in [-0.2, 0) is 23.9 Å². The molecule has 0 saturated heterocycles. The van der Waals surface area contributed by atoms with E-state index >= 15 is 0 Å². The Labute approximate surface area is 214 Å². The number of hydrogen-bond acceptors (Lipinski definition) is 3. The average Bonchev–Trinajstić information content (AvgIpc) is 3.20. The van der Waals surface area contributed by atoms with Gasteiger partial charge in [0.2, 0.25) is 5.91 Å². The number of rotatable bonds is 7. The van der Waals surface area contributed by atoms with Gasteiger partial charge in [-0.1, -0.05) is 67.9 Å². The van der Waals surface area contributed by atoms with E-state index in [1.807, 2.05) is 30.3 Å². The third-order valence-electron chi connectivity index (χ3n) is 6.73. The summed E-state index contributed by atoms with van der Waals surface area (Å²) in [5.74, 6) is 0.932. The Morgan fingerprint density at radius 2 is 1.78 bits per heavy atom. The number of aryl methyl sites for hydroxylation is 1. The molecule has 1 aliphatic heterocycles. The van der Waals surface area contributed by atoms with Crippen molar-refractivity contribution in [1.29, 1.82) is 0 Å². The lowest BCUT2D eigenvalue weighted by Gasteiger charge is -2.41. The fraction of sp³-hybridized carbons (Fsp3) is 0.407. The van der Waals surface area contributed by atoms with Gasteiger partial charge < -0.3 is 9.88 Å². The highest BCUT2D eigenvalue weighted by Crippen LogP contribution is 2.41. The maximum atomic E-state index is 13.2. The Morgan fingerprint density at radius 1 is 1.11 bits per heavy atom. The molecule has 0 bridgehead atoms. The van der Waals surface area contributed by atoms with Crippen molar-refractivity contribution in [3.05, 3.63) is 88.0 Å². The number of imidazole rings is 1. The molecule has 9 heteroatoms. The van der Waals surface area contributed by atoms with Crippen LogP contribution in [0.4, 0.5) is 13.2 Å². The first kappa shape index (κ1) is 26.2. The van der Waals surface area contributed by atoms with E-state index in [9.17, 15) is 18.0 Å². The van der Waals surface area contributed by atoms with Gasteiger partial charge >= 0.3 is 6.18 Å². The van der Waals surface area contributed by atoms with E-state index in [4.69, 9.17) is 11.6 Å². The van der Waals surface area contributed by atoms with Crippen LogP contribution in [0.5, 0.6) is 0 Å². The normalized spacial score (nSPS) is 17.2. The molecule has 36 heavy (non-hydrogen) atoms. The van der Waals surface area contributed by atoms with Gasteiger partial charge in [0.15, 0.2) is 5.15 Å². The summed E-state index contributed by atoms with van der Waals surface area (Å²) < 4.78 is 41.2. The molecule has 1 aliphatic rings. The van der Waals surface area contributed by atoms with Crippen LogP contribution in [0.3, 0.4) is 0 Å². The van der Waals surface area contributed by atoms with Crippen LogP contribution < -0.4 is 5.32 Å². The second-order valence-electron chi connectivity index (χ2n) is 9.37. The Morgan fingerprint density at radius 3 is 2.36 bits per heavy atom. The highest BCUT2D eigenvalue weighted by molar-refractivity contribution is 6.30. The van der Waals surface area contributed by atoms with Crippen molar-refractivity contribution in [1.82, 2.24) is 19.8 Å². The van der Waals surface area contributed by atoms with Gasteiger partial charge in [-0.05, 0) is 36.1 Å². The number of nitrogens with zero attached hydrogens (tertiary/aromatic N) is 3. The molecule has 0 saturated carbocycles. The quantitative estimate of drug-likeness (QED) is 0.408. The summed E-state index contributed by atoms with van der Waals surface area (Å²) in [6.45, 7) is 5.36. The van der Waals surface area contributed by atoms with Crippen molar-refractivity contribution >= 4 is 17.5 Å². The zero-order valence-electron chi connectivity index (χ0n) is 20.5. The Bertz CT molecular complexity index is 1190. The molecule has 1 N–H and O–H groups in total. The van der Waals surface area contributed by atoms with Crippen LogP contribution in [0.1, 0.15) is 66.5 Å². The number of carbonyl (C=O) groups excluding carboxylic acids is 1. The molecule has 0 spiro atoms. The van der Waals surface area contributed by atoms with Gasteiger partial charge in [0.1, 0.15) is 11.9 Å². The molecule has 0 unspecified atom stereocenters. The molecule has 5 nitrogen and oxygen atoms in total. The minimum absolute atomic E-state index is 0.131. The molecule has 2 atom stereocenters. The van der Waals surface area contributed by atoms with Crippen LogP contribution in [0.15, 0.2) is 54.6 Å². The number of benzene rings is 2. The zero-order chi connectivity index (χ0) is 26.0. The van der Waals surface area contributed by atoms with Crippen molar-refractivity contribution in [2.45, 2.75) is 57.4 Å². The van der Waals surface area contributed by atoms with E-state index in [2.05, 4.69) is 33.6 Å². The fourth-order valence-electron chi connectivity index (χ4n) is 5.02. The molecule has 0 fully saturated rings. The molecule has 1 amide bonds. The summed E-state index contributed by atoms with van der Waals surface area (Å²) in [5, 5.41) is 3.20. The second-order valence-corrected chi connectivity index (χ2v) is 9.72. The maximum Gasteiger partial charge on any atom is 0.416 e. The molecule has 0 radical (unpaired) electrons. The first-order chi connectivity index (χ1) is 17.1. The van der Waals surface area contributed by atoms with E-state index in [1.165, 1.54) is 12.1 Å². The highest BCUT2D eigenvalue weighted by atomic mass is 35.5. The van der Waals surface area contributed by atoms with Crippen LogP contribution >= 0.6 is 11.6 Å². The number of nitrogens with one attached hydrogen (secondary N) is 1. The minimum atomic E-state index is -4.37. The van der Waals surface area contributed by atoms with Gasteiger partial charge in [0.25, 0.3) is 0 Å². The smallest absolute Gasteiger partial charge is 0.358 e. The predicted molar refractivity (Wildman–Crippen MR) is 134 cm³/mol. The monoisotopic (exact) mass is 518 g/mol. The third kappa shape index (κ3) is 5.30. The predicted octanol–water partition coefficient (Wildman–Crippen LogP) is 6.16. The number of aromatic nitrogens is 2. The first-order valence-electron chi connectivity index (χ1n) is 12.1. The van der Waals surface area contributed by atoms with Crippen LogP contribution in [0, 0.1) is 0 Å². The molecule has 192 valence electrons. The SMILES string of the molecule is CNC(=O)[C@@H](c1ccccc1)N1CCn2c(C(C)C)nc(Cl)c2[C@H]1CCc1ccc(C(F)(F)F)cc1. The standard InChI is InChI=1S/C27H30ClF3N4O/c1-17(2)25-33-24(28)23-21(14-11-18-9-12-20(13-10-18)27(29,30)31)34(15-16-35(23)25)22(26(36)32-3)19-7-5-4-6-8-19/h4-10,12-13,17,21-22H,11,14-16H2,1-3H3,(H,32,36)/t21-,22-/m1/s1. The Hall–Kier alpha value is -2.84. The van der Waals surface area contributed by atoms with Crippen molar-refractivity contribution in [3.8, 4) is 0 Å². The summed E-state index contributed by atoms with van der Waals surface area (Å²) in [4.78, 5) is 19.9. The fourth-order valence-corrected chi connectivity index (χ4v) is 5.33. The van der Waals surface area contributed by atoms with E-state index < -0.39 is 17.8 Å². The van der Waals surface area contributed by atoms with Gasteiger partial charge in [0, 0.05) is 26.1 Å². The summed E-state index contributed by atoms with van der Waals surface area (Å²) >= 11 is 6.70. The number of hydrogen-bond donors (Lipinski definition) is 1. The molecule has 2 heterocycles. The minimum Gasteiger partial charge on any atom is -0.358 e. The summed E-state index contributed by atoms with van der Waals surface area (Å²) in [6.07, 6.45) is -3.29. The molecular weight excluding hydrogens is 489 g/mol. The Kier molecular flexibility index (Phi) is 7.76. The zero-order valence-corrected chi connectivity index (χ0v) is 21.3. The van der Waals surface area contributed by atoms with Gasteiger partial charge in [-0.15, -0.1) is 0 Å². The molecule has 0 aliphatic carbocycles. The van der Waals surface area contributed by atoms with Crippen LogP contribution in [0.2, 0.25) is 5.15 Å². The number of fused-ring (bicyclic) bond motifs is 1. The third-order valence-corrected chi connectivity index (χ3v) is 7.01. The number of halogens is 4. The Balaban J connectivity index is 1.72. The molecule has 3 aromatic rings. The first-order valence-corrected chi connectivity index (χ1v) is 12.4. The van der Waals surface area contributed by atoms with Gasteiger partial charge in [-0.2, -0.15) is 13.2 Å². The van der Waals surface area contributed by atoms with Crippen LogP contribution in [0.25, 0.3) is 0 Å². The number of likely N-dealkylation sites (N-methyl/N-ethyl adjacent to an activating group) is 1. The lowest BCUT2D eigenvalue weighted by atomic mass is 9.95. The molecule has 2 aromatic carbocycles. The number of carbonyl (C=O) groups is 1. The summed E-state index contributed by atoms with van der Waals surface area (Å²) in [6, 6.07) is 14.0. The van der Waals surface area contributed by atoms with Crippen LogP contribution in [-0.4, -0.2) is 34.0 Å². The maximum absolute atomic E-state index is 13.2. The van der Waals surface area contributed by atoms with Crippen molar-refractivity contribution in [2.24, 2.45) is 0 Å². The van der Waals surface area contributed by atoms with Crippen molar-refractivity contribution < 1.29 is 18.0 Å². The van der Waals surface area contributed by atoms with Gasteiger partial charge in [0.05, 0.1) is 17.3 Å². The van der Waals surface area contributed by atoms with E-state index in [0.717, 1.165) is 34.8 Å². The molecular formula is C27H30ClF3N4O. The lowest BCUT2D eigenvalue weighted by Crippen LogP contribution is -2.46. The van der Waals surface area contributed by atoms with Gasteiger partial charge in [-0.25, -0.2) is 4.98 Å².